The number of carbonyl (C=O) groups is 2. The summed E-state index contributed by atoms with van der Waals surface area (Å²) in [6, 6.07) is 0.480. The van der Waals surface area contributed by atoms with Crippen molar-refractivity contribution < 1.29 is 9.59 Å². The van der Waals surface area contributed by atoms with E-state index in [1.54, 1.807) is 19.0 Å². The highest BCUT2D eigenvalue weighted by Crippen LogP contribution is 2.18. The van der Waals surface area contributed by atoms with Crippen LogP contribution in [0.2, 0.25) is 0 Å². The second kappa shape index (κ2) is 6.92. The maximum Gasteiger partial charge on any atom is 0.319 e. The van der Waals surface area contributed by atoms with Gasteiger partial charge in [-0.1, -0.05) is 0 Å². The molecule has 2 aliphatic rings. The number of rotatable bonds is 3. The molecule has 0 aromatic carbocycles. The molecular formula is C14H26N4O2. The zero-order chi connectivity index (χ0) is 14.5. The van der Waals surface area contributed by atoms with Gasteiger partial charge in [0.2, 0.25) is 5.91 Å². The third kappa shape index (κ3) is 3.85. The third-order valence-corrected chi connectivity index (χ3v) is 4.20. The Balaban J connectivity index is 1.70. The first kappa shape index (κ1) is 15.1. The van der Waals surface area contributed by atoms with E-state index in [4.69, 9.17) is 0 Å². The molecule has 0 spiro atoms. The second-order valence-electron chi connectivity index (χ2n) is 5.98. The lowest BCUT2D eigenvalue weighted by Gasteiger charge is -2.33. The van der Waals surface area contributed by atoms with Crippen LogP contribution in [0.5, 0.6) is 0 Å². The van der Waals surface area contributed by atoms with E-state index in [1.807, 2.05) is 4.90 Å². The average molecular weight is 282 g/mol. The van der Waals surface area contributed by atoms with Gasteiger partial charge in [-0.2, -0.15) is 0 Å². The summed E-state index contributed by atoms with van der Waals surface area (Å²) in [4.78, 5) is 27.3. The predicted molar refractivity (Wildman–Crippen MR) is 77.4 cm³/mol. The number of hydrogen-bond donors (Lipinski definition) is 2. The zero-order valence-corrected chi connectivity index (χ0v) is 12.5. The molecule has 6 heteroatoms. The Kier molecular flexibility index (Phi) is 5.23. The summed E-state index contributed by atoms with van der Waals surface area (Å²) >= 11 is 0. The van der Waals surface area contributed by atoms with Crippen LogP contribution in [0.3, 0.4) is 0 Å². The van der Waals surface area contributed by atoms with Crippen molar-refractivity contribution in [2.75, 3.05) is 40.3 Å². The van der Waals surface area contributed by atoms with Gasteiger partial charge in [-0.25, -0.2) is 4.79 Å². The van der Waals surface area contributed by atoms with Gasteiger partial charge >= 0.3 is 6.03 Å². The molecule has 2 saturated heterocycles. The van der Waals surface area contributed by atoms with Crippen molar-refractivity contribution in [3.8, 4) is 0 Å². The fourth-order valence-corrected chi connectivity index (χ4v) is 2.91. The standard InChI is InChI=1S/C14H26N4O2/c1-17(2)14(20)18-8-5-11(6-9-18)13(19)16-10-12-4-3-7-15-12/h11-12,15H,3-10H2,1-2H3,(H,16,19). The fourth-order valence-electron chi connectivity index (χ4n) is 2.91. The van der Waals surface area contributed by atoms with Crippen LogP contribution in [0.1, 0.15) is 25.7 Å². The molecule has 1 atom stereocenters. The Bertz CT molecular complexity index is 345. The number of nitrogens with one attached hydrogen (secondary N) is 2. The molecule has 0 saturated carbocycles. The summed E-state index contributed by atoms with van der Waals surface area (Å²) in [7, 11) is 3.52. The normalized spacial score (nSPS) is 23.7. The highest BCUT2D eigenvalue weighted by atomic mass is 16.2. The van der Waals surface area contributed by atoms with Crippen LogP contribution in [0, 0.1) is 5.92 Å². The first-order valence-electron chi connectivity index (χ1n) is 7.55. The van der Waals surface area contributed by atoms with E-state index >= 15 is 0 Å². The Morgan fingerprint density at radius 3 is 2.50 bits per heavy atom. The zero-order valence-electron chi connectivity index (χ0n) is 12.5. The minimum absolute atomic E-state index is 0.0408. The van der Waals surface area contributed by atoms with Crippen LogP contribution in [0.4, 0.5) is 4.79 Å². The summed E-state index contributed by atoms with van der Waals surface area (Å²) in [6.45, 7) is 3.15. The Morgan fingerprint density at radius 2 is 1.95 bits per heavy atom. The van der Waals surface area contributed by atoms with Crippen LogP contribution in [-0.2, 0) is 4.79 Å². The van der Waals surface area contributed by atoms with Crippen molar-refractivity contribution in [3.63, 3.8) is 0 Å². The number of amides is 3. The maximum absolute atomic E-state index is 12.1. The first-order valence-corrected chi connectivity index (χ1v) is 7.55. The number of nitrogens with zero attached hydrogens (tertiary/aromatic N) is 2. The molecule has 6 nitrogen and oxygen atoms in total. The molecule has 0 radical (unpaired) electrons. The van der Waals surface area contributed by atoms with Crippen molar-refractivity contribution in [2.45, 2.75) is 31.7 Å². The number of carbonyl (C=O) groups excluding carboxylic acids is 2. The van der Waals surface area contributed by atoms with Gasteiger partial charge in [-0.15, -0.1) is 0 Å². The van der Waals surface area contributed by atoms with Crippen LogP contribution in [0.15, 0.2) is 0 Å². The molecule has 2 fully saturated rings. The highest BCUT2D eigenvalue weighted by molar-refractivity contribution is 5.79. The maximum atomic E-state index is 12.1. The van der Waals surface area contributed by atoms with Crippen LogP contribution >= 0.6 is 0 Å². The van der Waals surface area contributed by atoms with E-state index in [9.17, 15) is 9.59 Å². The fraction of sp³-hybridized carbons (Fsp3) is 0.857. The van der Waals surface area contributed by atoms with Gasteiger partial charge in [-0.3, -0.25) is 4.79 Å². The second-order valence-corrected chi connectivity index (χ2v) is 5.98. The molecule has 0 aromatic rings. The van der Waals surface area contributed by atoms with Gasteiger partial charge in [0.25, 0.3) is 0 Å². The van der Waals surface area contributed by atoms with E-state index in [0.29, 0.717) is 19.1 Å². The van der Waals surface area contributed by atoms with Crippen LogP contribution in [-0.4, -0.2) is 68.1 Å². The molecule has 0 aromatic heterocycles. The lowest BCUT2D eigenvalue weighted by molar-refractivity contribution is -0.126. The summed E-state index contributed by atoms with van der Waals surface area (Å²) in [5.41, 5.74) is 0. The van der Waals surface area contributed by atoms with Gasteiger partial charge in [-0.05, 0) is 32.2 Å². The van der Waals surface area contributed by atoms with E-state index in [2.05, 4.69) is 10.6 Å². The molecule has 2 heterocycles. The first-order chi connectivity index (χ1) is 9.58. The summed E-state index contributed by atoms with van der Waals surface area (Å²) in [5.74, 6) is 0.207. The average Bonchev–Trinajstić information content (AvgIpc) is 2.97. The quantitative estimate of drug-likeness (QED) is 0.780. The number of urea groups is 1. The molecule has 2 N–H and O–H groups in total. The van der Waals surface area contributed by atoms with E-state index in [-0.39, 0.29) is 17.9 Å². The van der Waals surface area contributed by atoms with Gasteiger partial charge in [0, 0.05) is 45.7 Å². The summed E-state index contributed by atoms with van der Waals surface area (Å²) in [6.07, 6.45) is 3.88. The topological polar surface area (TPSA) is 64.7 Å². The SMILES string of the molecule is CN(C)C(=O)N1CCC(C(=O)NCC2CCCN2)CC1. The third-order valence-electron chi connectivity index (χ3n) is 4.20. The Morgan fingerprint density at radius 1 is 1.25 bits per heavy atom. The van der Waals surface area contributed by atoms with Gasteiger partial charge in [0.15, 0.2) is 0 Å². The number of piperidine rings is 1. The molecule has 0 bridgehead atoms. The molecule has 114 valence electrons. The van der Waals surface area contributed by atoms with Crippen molar-refractivity contribution in [3.05, 3.63) is 0 Å². The van der Waals surface area contributed by atoms with Crippen molar-refractivity contribution in [1.82, 2.24) is 20.4 Å². The van der Waals surface area contributed by atoms with E-state index in [0.717, 1.165) is 32.4 Å². The predicted octanol–water partition coefficient (Wildman–Crippen LogP) is 0.248. The minimum atomic E-state index is 0.0408. The monoisotopic (exact) mass is 282 g/mol. The molecular weight excluding hydrogens is 256 g/mol. The smallest absolute Gasteiger partial charge is 0.319 e. The Hall–Kier alpha value is -1.30. The van der Waals surface area contributed by atoms with E-state index in [1.165, 1.54) is 6.42 Å². The van der Waals surface area contributed by atoms with Gasteiger partial charge in [0.1, 0.15) is 0 Å². The molecule has 0 aliphatic carbocycles. The lowest BCUT2D eigenvalue weighted by atomic mass is 9.96. The van der Waals surface area contributed by atoms with Crippen LogP contribution in [0.25, 0.3) is 0 Å². The van der Waals surface area contributed by atoms with Gasteiger partial charge < -0.3 is 20.4 Å². The lowest BCUT2D eigenvalue weighted by Crippen LogP contribution is -2.47. The van der Waals surface area contributed by atoms with Crippen molar-refractivity contribution >= 4 is 11.9 Å². The summed E-state index contributed by atoms with van der Waals surface area (Å²) in [5, 5.41) is 6.42. The number of likely N-dealkylation sites (tertiary alicyclic amines) is 1. The molecule has 20 heavy (non-hydrogen) atoms. The summed E-state index contributed by atoms with van der Waals surface area (Å²) < 4.78 is 0. The largest absolute Gasteiger partial charge is 0.354 e. The highest BCUT2D eigenvalue weighted by Gasteiger charge is 2.28. The molecule has 3 amide bonds. The van der Waals surface area contributed by atoms with Crippen LogP contribution < -0.4 is 10.6 Å². The molecule has 2 rings (SSSR count). The van der Waals surface area contributed by atoms with Crippen molar-refractivity contribution in [1.29, 1.82) is 0 Å². The number of hydrogen-bond acceptors (Lipinski definition) is 3. The molecule has 2 aliphatic heterocycles. The minimum Gasteiger partial charge on any atom is -0.354 e. The Labute approximate surface area is 120 Å². The van der Waals surface area contributed by atoms with Crippen molar-refractivity contribution in [2.24, 2.45) is 5.92 Å². The molecule has 1 unspecified atom stereocenters. The van der Waals surface area contributed by atoms with Gasteiger partial charge in [0.05, 0.1) is 0 Å². The van der Waals surface area contributed by atoms with E-state index < -0.39 is 0 Å².